The molecule has 0 saturated carbocycles. The number of hydrogen-bond acceptors (Lipinski definition) is 4. The largest absolute Gasteiger partial charge is 0.492 e. The molecule has 1 heterocycles. The highest BCUT2D eigenvalue weighted by atomic mass is 35.5. The summed E-state index contributed by atoms with van der Waals surface area (Å²) in [5.74, 6) is 0.229. The third kappa shape index (κ3) is 4.90. The normalized spacial score (nSPS) is 13.3. The van der Waals surface area contributed by atoms with E-state index in [0.717, 1.165) is 24.5 Å². The summed E-state index contributed by atoms with van der Waals surface area (Å²) in [7, 11) is 0. The quantitative estimate of drug-likeness (QED) is 0.721. The molecule has 1 aliphatic rings. The number of halogens is 1. The van der Waals surface area contributed by atoms with Gasteiger partial charge >= 0.3 is 0 Å². The highest BCUT2D eigenvalue weighted by Gasteiger charge is 2.17. The van der Waals surface area contributed by atoms with Crippen LogP contribution in [-0.4, -0.2) is 30.7 Å². The van der Waals surface area contributed by atoms with Crippen molar-refractivity contribution in [2.75, 3.05) is 29.9 Å². The molecular formula is C20H22ClN3O2S. The van der Waals surface area contributed by atoms with Gasteiger partial charge in [0.05, 0.1) is 23.0 Å². The summed E-state index contributed by atoms with van der Waals surface area (Å²) in [5, 5.41) is 6.48. The SMILES string of the molecule is CCOc1ccc(C(=O)NC(=S)Nc2ccccc2N2CCCC2)cc1Cl. The van der Waals surface area contributed by atoms with Gasteiger partial charge in [-0.3, -0.25) is 10.1 Å². The van der Waals surface area contributed by atoms with E-state index in [9.17, 15) is 4.79 Å². The Hall–Kier alpha value is -2.31. The highest BCUT2D eigenvalue weighted by Crippen LogP contribution is 2.29. The molecule has 2 aromatic rings. The van der Waals surface area contributed by atoms with Crippen molar-refractivity contribution in [1.82, 2.24) is 5.32 Å². The molecule has 2 aromatic carbocycles. The smallest absolute Gasteiger partial charge is 0.257 e. The number of para-hydroxylation sites is 2. The van der Waals surface area contributed by atoms with Crippen molar-refractivity contribution < 1.29 is 9.53 Å². The third-order valence-electron chi connectivity index (χ3n) is 4.32. The Morgan fingerprint density at radius 1 is 1.22 bits per heavy atom. The standard InChI is InChI=1S/C20H22ClN3O2S/c1-2-26-18-10-9-14(13-15(18)21)19(25)23-20(27)22-16-7-3-4-8-17(16)24-11-5-6-12-24/h3-4,7-10,13H,2,5-6,11-12H2,1H3,(H2,22,23,25,27). The van der Waals surface area contributed by atoms with Gasteiger partial charge in [0.25, 0.3) is 5.91 Å². The van der Waals surface area contributed by atoms with Crippen molar-refractivity contribution in [2.24, 2.45) is 0 Å². The predicted octanol–water partition coefficient (Wildman–Crippen LogP) is 4.47. The molecule has 0 unspecified atom stereocenters. The van der Waals surface area contributed by atoms with E-state index in [1.54, 1.807) is 18.2 Å². The lowest BCUT2D eigenvalue weighted by atomic mass is 10.2. The Morgan fingerprint density at radius 2 is 1.96 bits per heavy atom. The molecule has 0 radical (unpaired) electrons. The van der Waals surface area contributed by atoms with Gasteiger partial charge in [0.2, 0.25) is 0 Å². The monoisotopic (exact) mass is 403 g/mol. The van der Waals surface area contributed by atoms with Crippen LogP contribution in [0.1, 0.15) is 30.1 Å². The fraction of sp³-hybridized carbons (Fsp3) is 0.300. The molecule has 5 nitrogen and oxygen atoms in total. The van der Waals surface area contributed by atoms with Crippen molar-refractivity contribution in [3.8, 4) is 5.75 Å². The van der Waals surface area contributed by atoms with Crippen LogP contribution in [0, 0.1) is 0 Å². The lowest BCUT2D eigenvalue weighted by Crippen LogP contribution is -2.34. The average molecular weight is 404 g/mol. The van der Waals surface area contributed by atoms with E-state index in [2.05, 4.69) is 21.6 Å². The number of nitrogens with one attached hydrogen (secondary N) is 2. The van der Waals surface area contributed by atoms with Crippen molar-refractivity contribution in [2.45, 2.75) is 19.8 Å². The molecule has 0 spiro atoms. The molecule has 0 atom stereocenters. The number of thiocarbonyl (C=S) groups is 1. The van der Waals surface area contributed by atoms with Crippen LogP contribution in [0.5, 0.6) is 5.75 Å². The molecule has 7 heteroatoms. The van der Waals surface area contributed by atoms with Crippen LogP contribution in [0.3, 0.4) is 0 Å². The molecule has 142 valence electrons. The van der Waals surface area contributed by atoms with Crippen LogP contribution < -0.4 is 20.3 Å². The molecule has 1 amide bonds. The molecule has 0 aromatic heterocycles. The molecule has 1 saturated heterocycles. The van der Waals surface area contributed by atoms with Crippen molar-refractivity contribution >= 4 is 46.2 Å². The Bertz CT molecular complexity index is 838. The van der Waals surface area contributed by atoms with E-state index in [-0.39, 0.29) is 11.0 Å². The van der Waals surface area contributed by atoms with E-state index in [0.29, 0.717) is 22.9 Å². The summed E-state index contributed by atoms with van der Waals surface area (Å²) < 4.78 is 5.39. The van der Waals surface area contributed by atoms with Crippen LogP contribution in [0.25, 0.3) is 0 Å². The second-order valence-electron chi connectivity index (χ2n) is 6.20. The number of carbonyl (C=O) groups is 1. The lowest BCUT2D eigenvalue weighted by molar-refractivity contribution is 0.0977. The Kier molecular flexibility index (Phi) is 6.53. The van der Waals surface area contributed by atoms with E-state index < -0.39 is 0 Å². The summed E-state index contributed by atoms with van der Waals surface area (Å²) in [6.45, 7) is 4.45. The van der Waals surface area contributed by atoms with Crippen LogP contribution in [0.4, 0.5) is 11.4 Å². The highest BCUT2D eigenvalue weighted by molar-refractivity contribution is 7.80. The van der Waals surface area contributed by atoms with Crippen LogP contribution in [0.2, 0.25) is 5.02 Å². The van der Waals surface area contributed by atoms with Gasteiger partial charge in [-0.1, -0.05) is 23.7 Å². The second kappa shape index (κ2) is 9.06. The molecule has 1 aliphatic heterocycles. The zero-order valence-electron chi connectivity index (χ0n) is 15.1. The first kappa shape index (κ1) is 19.5. The summed E-state index contributed by atoms with van der Waals surface area (Å²) >= 11 is 11.5. The number of amides is 1. The number of hydrogen-bond donors (Lipinski definition) is 2. The molecule has 2 N–H and O–H groups in total. The number of carbonyl (C=O) groups excluding carboxylic acids is 1. The summed E-state index contributed by atoms with van der Waals surface area (Å²) in [5.41, 5.74) is 2.39. The summed E-state index contributed by atoms with van der Waals surface area (Å²) in [4.78, 5) is 14.8. The van der Waals surface area contributed by atoms with Crippen molar-refractivity contribution in [3.63, 3.8) is 0 Å². The zero-order valence-corrected chi connectivity index (χ0v) is 16.7. The minimum absolute atomic E-state index is 0.247. The number of benzene rings is 2. The van der Waals surface area contributed by atoms with Crippen LogP contribution in [-0.2, 0) is 0 Å². The number of nitrogens with zero attached hydrogens (tertiary/aromatic N) is 1. The maximum Gasteiger partial charge on any atom is 0.257 e. The Morgan fingerprint density at radius 3 is 2.67 bits per heavy atom. The number of rotatable bonds is 5. The molecule has 3 rings (SSSR count). The average Bonchev–Trinajstić information content (AvgIpc) is 3.18. The summed E-state index contributed by atoms with van der Waals surface area (Å²) in [6.07, 6.45) is 2.38. The van der Waals surface area contributed by atoms with Crippen molar-refractivity contribution in [3.05, 3.63) is 53.1 Å². The zero-order chi connectivity index (χ0) is 19.2. The minimum Gasteiger partial charge on any atom is -0.492 e. The molecular weight excluding hydrogens is 382 g/mol. The van der Waals surface area contributed by atoms with Gasteiger partial charge in [0.15, 0.2) is 5.11 Å². The van der Waals surface area contributed by atoms with E-state index in [4.69, 9.17) is 28.6 Å². The van der Waals surface area contributed by atoms with Gasteiger partial charge in [0, 0.05) is 18.7 Å². The lowest BCUT2D eigenvalue weighted by Gasteiger charge is -2.22. The minimum atomic E-state index is -0.323. The first-order chi connectivity index (χ1) is 13.1. The first-order valence-electron chi connectivity index (χ1n) is 8.97. The van der Waals surface area contributed by atoms with Crippen molar-refractivity contribution in [1.29, 1.82) is 0 Å². The second-order valence-corrected chi connectivity index (χ2v) is 7.01. The van der Waals surface area contributed by atoms with E-state index in [1.807, 2.05) is 25.1 Å². The van der Waals surface area contributed by atoms with Crippen LogP contribution in [0.15, 0.2) is 42.5 Å². The van der Waals surface area contributed by atoms with Gasteiger partial charge in [-0.05, 0) is 62.3 Å². The van der Waals surface area contributed by atoms with Gasteiger partial charge in [-0.2, -0.15) is 0 Å². The van der Waals surface area contributed by atoms with Crippen LogP contribution >= 0.6 is 23.8 Å². The van der Waals surface area contributed by atoms with Gasteiger partial charge in [0.1, 0.15) is 5.75 Å². The van der Waals surface area contributed by atoms with E-state index >= 15 is 0 Å². The van der Waals surface area contributed by atoms with Gasteiger partial charge in [-0.25, -0.2) is 0 Å². The third-order valence-corrected chi connectivity index (χ3v) is 4.82. The maximum atomic E-state index is 12.5. The fourth-order valence-corrected chi connectivity index (χ4v) is 3.49. The molecule has 0 bridgehead atoms. The maximum absolute atomic E-state index is 12.5. The molecule has 0 aliphatic carbocycles. The molecule has 27 heavy (non-hydrogen) atoms. The molecule has 1 fully saturated rings. The first-order valence-corrected chi connectivity index (χ1v) is 9.75. The number of ether oxygens (including phenoxy) is 1. The van der Waals surface area contributed by atoms with Gasteiger partial charge in [-0.15, -0.1) is 0 Å². The number of anilines is 2. The van der Waals surface area contributed by atoms with Gasteiger partial charge < -0.3 is 15.0 Å². The predicted molar refractivity (Wildman–Crippen MR) is 114 cm³/mol. The van der Waals surface area contributed by atoms with E-state index in [1.165, 1.54) is 12.8 Å². The Labute approximate surface area is 169 Å². The topological polar surface area (TPSA) is 53.6 Å². The fourth-order valence-electron chi connectivity index (χ4n) is 3.06. The Balaban J connectivity index is 1.66. The summed E-state index contributed by atoms with van der Waals surface area (Å²) in [6, 6.07) is 12.9.